The minimum absolute atomic E-state index is 0.0449. The number of carbonyl (C=O) groups excluding carboxylic acids is 2. The Labute approximate surface area is 92.7 Å². The largest absolute Gasteiger partial charge is 0.341 e. The molecule has 2 rings (SSSR count). The van der Waals surface area contributed by atoms with Gasteiger partial charge in [-0.25, -0.2) is 9.78 Å². The van der Waals surface area contributed by atoms with E-state index in [1.165, 1.54) is 4.90 Å². The number of pyridine rings is 1. The zero-order chi connectivity index (χ0) is 11.7. The zero-order valence-corrected chi connectivity index (χ0v) is 9.07. The summed E-state index contributed by atoms with van der Waals surface area (Å²) >= 11 is 0. The van der Waals surface area contributed by atoms with Crippen molar-refractivity contribution in [3.8, 4) is 0 Å². The van der Waals surface area contributed by atoms with Crippen molar-refractivity contribution in [2.45, 2.75) is 6.42 Å². The first-order valence-electron chi connectivity index (χ1n) is 4.86. The van der Waals surface area contributed by atoms with E-state index in [1.807, 2.05) is 0 Å². The van der Waals surface area contributed by atoms with Crippen molar-refractivity contribution in [2.24, 2.45) is 0 Å². The highest BCUT2D eigenvalue weighted by Gasteiger charge is 2.20. The molecule has 3 amide bonds. The van der Waals surface area contributed by atoms with E-state index >= 15 is 0 Å². The Morgan fingerprint density at radius 2 is 2.38 bits per heavy atom. The Morgan fingerprint density at radius 1 is 1.62 bits per heavy atom. The van der Waals surface area contributed by atoms with Crippen LogP contribution < -0.4 is 15.5 Å². The number of aromatic nitrogens is 1. The fourth-order valence-corrected chi connectivity index (χ4v) is 1.57. The average Bonchev–Trinajstić information content (AvgIpc) is 2.65. The third-order valence-corrected chi connectivity index (χ3v) is 2.46. The van der Waals surface area contributed by atoms with E-state index in [0.717, 1.165) is 11.3 Å². The Balaban J connectivity index is 2.29. The van der Waals surface area contributed by atoms with Crippen LogP contribution in [0.5, 0.6) is 0 Å². The lowest BCUT2D eigenvalue weighted by atomic mass is 10.2. The second-order valence-electron chi connectivity index (χ2n) is 3.54. The zero-order valence-electron chi connectivity index (χ0n) is 9.07. The molecule has 1 aromatic heterocycles. The van der Waals surface area contributed by atoms with Crippen LogP contribution in [0.3, 0.4) is 0 Å². The Hall–Kier alpha value is -2.11. The van der Waals surface area contributed by atoms with Crippen LogP contribution in [0.15, 0.2) is 12.3 Å². The number of hydrogen-bond donors (Lipinski definition) is 2. The molecule has 16 heavy (non-hydrogen) atoms. The van der Waals surface area contributed by atoms with Gasteiger partial charge in [0.15, 0.2) is 0 Å². The van der Waals surface area contributed by atoms with Crippen molar-refractivity contribution < 1.29 is 9.59 Å². The summed E-state index contributed by atoms with van der Waals surface area (Å²) in [7, 11) is 3.18. The van der Waals surface area contributed by atoms with Gasteiger partial charge in [0, 0.05) is 14.1 Å². The molecular weight excluding hydrogens is 208 g/mol. The van der Waals surface area contributed by atoms with Crippen molar-refractivity contribution in [3.63, 3.8) is 0 Å². The number of urea groups is 1. The molecule has 1 aromatic rings. The second-order valence-corrected chi connectivity index (χ2v) is 3.54. The normalized spacial score (nSPS) is 13.0. The number of nitrogens with one attached hydrogen (secondary N) is 2. The first kappa shape index (κ1) is 10.4. The predicted molar refractivity (Wildman–Crippen MR) is 59.4 cm³/mol. The van der Waals surface area contributed by atoms with Crippen LogP contribution >= 0.6 is 0 Å². The van der Waals surface area contributed by atoms with E-state index in [2.05, 4.69) is 15.6 Å². The molecule has 0 saturated heterocycles. The van der Waals surface area contributed by atoms with E-state index < -0.39 is 0 Å². The molecule has 0 aromatic carbocycles. The standard InChI is InChI=1S/C10H12N4O2/c1-11-10(16)14(2)8-3-6-4-9(15)13-7(6)5-12-8/h3,5H,4H2,1-2H3,(H,11,16)(H,13,15). The van der Waals surface area contributed by atoms with Gasteiger partial charge < -0.3 is 10.6 Å². The number of amides is 3. The molecule has 1 aliphatic heterocycles. The van der Waals surface area contributed by atoms with Crippen LogP contribution in [0.4, 0.5) is 16.3 Å². The summed E-state index contributed by atoms with van der Waals surface area (Å²) in [5.74, 6) is 0.478. The Bertz CT molecular complexity index is 458. The Kier molecular flexibility index (Phi) is 2.47. The summed E-state index contributed by atoms with van der Waals surface area (Å²) in [6.45, 7) is 0. The average molecular weight is 220 g/mol. The third kappa shape index (κ3) is 1.69. The van der Waals surface area contributed by atoms with E-state index in [9.17, 15) is 9.59 Å². The monoisotopic (exact) mass is 220 g/mol. The molecule has 1 aliphatic rings. The summed E-state index contributed by atoms with van der Waals surface area (Å²) < 4.78 is 0. The molecule has 2 N–H and O–H groups in total. The summed E-state index contributed by atoms with van der Waals surface area (Å²) in [6, 6.07) is 1.49. The summed E-state index contributed by atoms with van der Waals surface area (Å²) in [6.07, 6.45) is 1.90. The lowest BCUT2D eigenvalue weighted by molar-refractivity contribution is -0.115. The van der Waals surface area contributed by atoms with Crippen molar-refractivity contribution in [3.05, 3.63) is 17.8 Å². The molecule has 2 heterocycles. The van der Waals surface area contributed by atoms with Gasteiger partial charge in [0.1, 0.15) is 5.82 Å². The minimum atomic E-state index is -0.246. The van der Waals surface area contributed by atoms with Gasteiger partial charge in [-0.05, 0) is 11.6 Å². The molecule has 0 fully saturated rings. The van der Waals surface area contributed by atoms with Gasteiger partial charge in [0.2, 0.25) is 5.91 Å². The number of carbonyl (C=O) groups is 2. The van der Waals surface area contributed by atoms with E-state index in [1.54, 1.807) is 26.4 Å². The van der Waals surface area contributed by atoms with E-state index in [-0.39, 0.29) is 11.9 Å². The third-order valence-electron chi connectivity index (χ3n) is 2.46. The van der Waals surface area contributed by atoms with Gasteiger partial charge in [-0.3, -0.25) is 9.69 Å². The number of hydrogen-bond acceptors (Lipinski definition) is 3. The van der Waals surface area contributed by atoms with Crippen molar-refractivity contribution in [1.82, 2.24) is 10.3 Å². The molecule has 0 atom stereocenters. The SMILES string of the molecule is CNC(=O)N(C)c1cc2c(cn1)NC(=O)C2. The highest BCUT2D eigenvalue weighted by molar-refractivity contribution is 5.99. The minimum Gasteiger partial charge on any atom is -0.341 e. The van der Waals surface area contributed by atoms with Crippen LogP contribution in [0.2, 0.25) is 0 Å². The van der Waals surface area contributed by atoms with Crippen LogP contribution in [0.25, 0.3) is 0 Å². The highest BCUT2D eigenvalue weighted by atomic mass is 16.2. The highest BCUT2D eigenvalue weighted by Crippen LogP contribution is 2.25. The van der Waals surface area contributed by atoms with Crippen LogP contribution in [-0.4, -0.2) is 31.0 Å². The lowest BCUT2D eigenvalue weighted by Crippen LogP contribution is -2.35. The summed E-state index contributed by atoms with van der Waals surface area (Å²) in [4.78, 5) is 28.0. The van der Waals surface area contributed by atoms with Crippen molar-refractivity contribution in [1.29, 1.82) is 0 Å². The fourth-order valence-electron chi connectivity index (χ4n) is 1.57. The summed E-state index contributed by atoms with van der Waals surface area (Å²) in [5, 5.41) is 5.19. The van der Waals surface area contributed by atoms with Crippen molar-refractivity contribution >= 4 is 23.4 Å². The van der Waals surface area contributed by atoms with Gasteiger partial charge in [-0.2, -0.15) is 0 Å². The fraction of sp³-hybridized carbons (Fsp3) is 0.300. The molecule has 0 unspecified atom stereocenters. The molecule has 0 aliphatic carbocycles. The number of rotatable bonds is 1. The molecule has 6 heteroatoms. The number of fused-ring (bicyclic) bond motifs is 1. The van der Waals surface area contributed by atoms with Crippen LogP contribution in [0.1, 0.15) is 5.56 Å². The molecule has 0 radical (unpaired) electrons. The second kappa shape index (κ2) is 3.80. The lowest BCUT2D eigenvalue weighted by Gasteiger charge is -2.15. The Morgan fingerprint density at radius 3 is 3.06 bits per heavy atom. The molecule has 0 saturated carbocycles. The van der Waals surface area contributed by atoms with Crippen LogP contribution in [-0.2, 0) is 11.2 Å². The first-order valence-corrected chi connectivity index (χ1v) is 4.86. The van der Waals surface area contributed by atoms with Crippen LogP contribution in [0, 0.1) is 0 Å². The van der Waals surface area contributed by atoms with Gasteiger partial charge in [0.25, 0.3) is 0 Å². The first-order chi connectivity index (χ1) is 7.61. The van der Waals surface area contributed by atoms with Gasteiger partial charge in [-0.15, -0.1) is 0 Å². The van der Waals surface area contributed by atoms with Crippen molar-refractivity contribution in [2.75, 3.05) is 24.3 Å². The maximum atomic E-state index is 11.4. The number of nitrogens with zero attached hydrogens (tertiary/aromatic N) is 2. The number of anilines is 2. The maximum Gasteiger partial charge on any atom is 0.322 e. The quantitative estimate of drug-likeness (QED) is 0.717. The molecule has 84 valence electrons. The van der Waals surface area contributed by atoms with Gasteiger partial charge in [0.05, 0.1) is 18.3 Å². The predicted octanol–water partition coefficient (Wildman–Crippen LogP) is 0.352. The molecule has 6 nitrogen and oxygen atoms in total. The summed E-state index contributed by atoms with van der Waals surface area (Å²) in [5.41, 5.74) is 1.59. The van der Waals surface area contributed by atoms with E-state index in [4.69, 9.17) is 0 Å². The smallest absolute Gasteiger partial charge is 0.322 e. The maximum absolute atomic E-state index is 11.4. The van der Waals surface area contributed by atoms with Gasteiger partial charge >= 0.3 is 6.03 Å². The molecule has 0 spiro atoms. The van der Waals surface area contributed by atoms with E-state index in [0.29, 0.717) is 12.2 Å². The topological polar surface area (TPSA) is 74.3 Å². The molecular formula is C10H12N4O2. The van der Waals surface area contributed by atoms with Gasteiger partial charge in [-0.1, -0.05) is 0 Å². The molecule has 0 bridgehead atoms.